The molecule has 0 unspecified atom stereocenters. The number of carbonyl (C=O) groups excluding carboxylic acids is 2. The molecular formula is C14H17NO8. The van der Waals surface area contributed by atoms with Gasteiger partial charge in [0.25, 0.3) is 5.09 Å². The Morgan fingerprint density at radius 2 is 1.87 bits per heavy atom. The predicted octanol–water partition coefficient (Wildman–Crippen LogP) is 1.77. The lowest BCUT2D eigenvalue weighted by molar-refractivity contribution is -0.757. The van der Waals surface area contributed by atoms with E-state index in [0.717, 1.165) is 0 Å². The normalized spacial score (nSPS) is 9.83. The molecule has 1 aromatic carbocycles. The lowest BCUT2D eigenvalue weighted by Crippen LogP contribution is -2.09. The Balaban J connectivity index is 2.49. The molecule has 9 heteroatoms. The van der Waals surface area contributed by atoms with Crippen LogP contribution in [0.2, 0.25) is 0 Å². The van der Waals surface area contributed by atoms with E-state index in [1.54, 1.807) is 0 Å². The van der Waals surface area contributed by atoms with Crippen molar-refractivity contribution in [2.24, 2.45) is 0 Å². The van der Waals surface area contributed by atoms with Gasteiger partial charge in [-0.25, -0.2) is 4.79 Å². The first-order valence-electron chi connectivity index (χ1n) is 6.75. The highest BCUT2D eigenvalue weighted by Gasteiger charge is 2.13. The van der Waals surface area contributed by atoms with E-state index < -0.39 is 17.0 Å². The number of esters is 2. The number of methoxy groups -OCH3 is 1. The molecule has 0 radical (unpaired) electrons. The average Bonchev–Trinajstić information content (AvgIpc) is 2.50. The SMILES string of the molecule is COc1cc(C(=O)OCCCCO[N+](=O)[O-])ccc1OC(C)=O. The van der Waals surface area contributed by atoms with Crippen molar-refractivity contribution in [2.45, 2.75) is 19.8 Å². The fourth-order valence-corrected chi connectivity index (χ4v) is 1.63. The monoisotopic (exact) mass is 327 g/mol. The molecule has 0 N–H and O–H groups in total. The summed E-state index contributed by atoms with van der Waals surface area (Å²) in [7, 11) is 1.38. The van der Waals surface area contributed by atoms with Gasteiger partial charge >= 0.3 is 11.9 Å². The van der Waals surface area contributed by atoms with Crippen LogP contribution in [0, 0.1) is 10.1 Å². The molecule has 0 atom stereocenters. The molecule has 0 heterocycles. The van der Waals surface area contributed by atoms with Crippen LogP contribution >= 0.6 is 0 Å². The van der Waals surface area contributed by atoms with E-state index in [1.807, 2.05) is 0 Å². The van der Waals surface area contributed by atoms with Gasteiger partial charge in [-0.3, -0.25) is 4.79 Å². The lowest BCUT2D eigenvalue weighted by atomic mass is 10.2. The second-order valence-corrected chi connectivity index (χ2v) is 4.36. The van der Waals surface area contributed by atoms with Crippen molar-refractivity contribution < 1.29 is 33.7 Å². The van der Waals surface area contributed by atoms with Crippen molar-refractivity contribution in [2.75, 3.05) is 20.3 Å². The van der Waals surface area contributed by atoms with E-state index in [4.69, 9.17) is 14.2 Å². The molecule has 1 rings (SSSR count). The van der Waals surface area contributed by atoms with Gasteiger partial charge in [-0.2, -0.15) is 0 Å². The van der Waals surface area contributed by atoms with Crippen molar-refractivity contribution >= 4 is 11.9 Å². The van der Waals surface area contributed by atoms with Crippen LogP contribution in [0.3, 0.4) is 0 Å². The maximum atomic E-state index is 11.9. The van der Waals surface area contributed by atoms with Crippen molar-refractivity contribution in [1.82, 2.24) is 0 Å². The quantitative estimate of drug-likeness (QED) is 0.221. The predicted molar refractivity (Wildman–Crippen MR) is 76.8 cm³/mol. The van der Waals surface area contributed by atoms with Crippen LogP contribution < -0.4 is 9.47 Å². The van der Waals surface area contributed by atoms with E-state index in [9.17, 15) is 19.7 Å². The minimum absolute atomic E-state index is 0.0462. The average molecular weight is 327 g/mol. The molecule has 23 heavy (non-hydrogen) atoms. The molecular weight excluding hydrogens is 310 g/mol. The summed E-state index contributed by atoms with van der Waals surface area (Å²) in [6.07, 6.45) is 0.825. The van der Waals surface area contributed by atoms with E-state index in [0.29, 0.717) is 12.8 Å². The molecule has 0 saturated carbocycles. The fraction of sp³-hybridized carbons (Fsp3) is 0.429. The van der Waals surface area contributed by atoms with Gasteiger partial charge in [0.1, 0.15) is 0 Å². The number of benzene rings is 1. The first kappa shape index (κ1) is 18.2. The second-order valence-electron chi connectivity index (χ2n) is 4.36. The van der Waals surface area contributed by atoms with E-state index in [-0.39, 0.29) is 30.3 Å². The van der Waals surface area contributed by atoms with Gasteiger partial charge in [0.05, 0.1) is 25.9 Å². The topological polar surface area (TPSA) is 114 Å². The fourth-order valence-electron chi connectivity index (χ4n) is 1.63. The zero-order valence-electron chi connectivity index (χ0n) is 12.8. The summed E-state index contributed by atoms with van der Waals surface area (Å²) in [6.45, 7) is 1.31. The zero-order valence-corrected chi connectivity index (χ0v) is 12.8. The third-order valence-corrected chi connectivity index (χ3v) is 2.62. The Kier molecular flexibility index (Phi) is 7.31. The van der Waals surface area contributed by atoms with E-state index >= 15 is 0 Å². The van der Waals surface area contributed by atoms with Crippen LogP contribution in [0.15, 0.2) is 18.2 Å². The Hall–Kier alpha value is -2.84. The van der Waals surface area contributed by atoms with Crippen LogP contribution in [0.5, 0.6) is 11.5 Å². The smallest absolute Gasteiger partial charge is 0.338 e. The maximum Gasteiger partial charge on any atom is 0.338 e. The summed E-state index contributed by atoms with van der Waals surface area (Å²) in [6, 6.07) is 4.27. The molecule has 0 aliphatic carbocycles. The first-order valence-corrected chi connectivity index (χ1v) is 6.75. The minimum Gasteiger partial charge on any atom is -0.493 e. The summed E-state index contributed by atoms with van der Waals surface area (Å²) in [5.41, 5.74) is 0.235. The number of nitrogens with zero attached hydrogens (tertiary/aromatic N) is 1. The number of ether oxygens (including phenoxy) is 3. The zero-order chi connectivity index (χ0) is 17.2. The van der Waals surface area contributed by atoms with Crippen molar-refractivity contribution in [1.29, 1.82) is 0 Å². The molecule has 0 bridgehead atoms. The van der Waals surface area contributed by atoms with Crippen molar-refractivity contribution in [3.8, 4) is 11.5 Å². The second kappa shape index (κ2) is 9.23. The van der Waals surface area contributed by atoms with Crippen LogP contribution in [-0.2, 0) is 14.4 Å². The lowest BCUT2D eigenvalue weighted by Gasteiger charge is -2.10. The molecule has 9 nitrogen and oxygen atoms in total. The van der Waals surface area contributed by atoms with Gasteiger partial charge in [0.2, 0.25) is 0 Å². The number of carbonyl (C=O) groups is 2. The summed E-state index contributed by atoms with van der Waals surface area (Å²) in [5, 5.41) is 9.06. The molecule has 0 aliphatic rings. The third kappa shape index (κ3) is 6.64. The van der Waals surface area contributed by atoms with Crippen LogP contribution in [0.1, 0.15) is 30.1 Å². The summed E-state index contributed by atoms with van der Waals surface area (Å²) >= 11 is 0. The number of hydrogen-bond donors (Lipinski definition) is 0. The first-order chi connectivity index (χ1) is 10.9. The van der Waals surface area contributed by atoms with Gasteiger partial charge in [0.15, 0.2) is 11.5 Å². The molecule has 0 amide bonds. The van der Waals surface area contributed by atoms with Crippen molar-refractivity contribution in [3.05, 3.63) is 33.9 Å². The molecule has 1 aromatic rings. The van der Waals surface area contributed by atoms with Crippen LogP contribution in [0.4, 0.5) is 0 Å². The van der Waals surface area contributed by atoms with Gasteiger partial charge in [0, 0.05) is 6.92 Å². The molecule has 0 aliphatic heterocycles. The number of hydrogen-bond acceptors (Lipinski definition) is 8. The molecule has 0 fully saturated rings. The highest BCUT2D eigenvalue weighted by molar-refractivity contribution is 5.90. The Labute approximate surface area is 132 Å². The van der Waals surface area contributed by atoms with Gasteiger partial charge in [-0.1, -0.05) is 0 Å². The number of rotatable bonds is 9. The van der Waals surface area contributed by atoms with Gasteiger partial charge in [-0.05, 0) is 31.0 Å². The highest BCUT2D eigenvalue weighted by Crippen LogP contribution is 2.28. The Morgan fingerprint density at radius 3 is 2.48 bits per heavy atom. The van der Waals surface area contributed by atoms with Crippen LogP contribution in [-0.4, -0.2) is 37.3 Å². The minimum atomic E-state index is -0.872. The summed E-state index contributed by atoms with van der Waals surface area (Å²) in [5.74, 6) is -0.647. The van der Waals surface area contributed by atoms with Crippen LogP contribution in [0.25, 0.3) is 0 Å². The Morgan fingerprint density at radius 1 is 1.17 bits per heavy atom. The van der Waals surface area contributed by atoms with Gasteiger partial charge < -0.3 is 19.0 Å². The molecule has 126 valence electrons. The van der Waals surface area contributed by atoms with Gasteiger partial charge in [-0.15, -0.1) is 10.1 Å². The molecule has 0 saturated heterocycles. The van der Waals surface area contributed by atoms with Crippen molar-refractivity contribution in [3.63, 3.8) is 0 Å². The largest absolute Gasteiger partial charge is 0.493 e. The van der Waals surface area contributed by atoms with E-state index in [1.165, 1.54) is 32.2 Å². The van der Waals surface area contributed by atoms with E-state index in [2.05, 4.69) is 4.84 Å². The maximum absolute atomic E-state index is 11.9. The summed E-state index contributed by atoms with van der Waals surface area (Å²) in [4.78, 5) is 36.9. The molecule has 0 spiro atoms. The number of unbranched alkanes of at least 4 members (excludes halogenated alkanes) is 1. The summed E-state index contributed by atoms with van der Waals surface area (Å²) < 4.78 is 15.0. The molecule has 0 aromatic heterocycles. The standard InChI is InChI=1S/C14H17NO8/c1-10(16)23-12-6-5-11(9-13(12)20-2)14(17)21-7-3-4-8-22-15(18)19/h5-6,9H,3-4,7-8H2,1-2H3. The highest BCUT2D eigenvalue weighted by atomic mass is 16.9. The Bertz CT molecular complexity index is 572. The third-order valence-electron chi connectivity index (χ3n) is 2.62.